The van der Waals surface area contributed by atoms with Crippen LogP contribution in [0, 0.1) is 0 Å². The lowest BCUT2D eigenvalue weighted by Crippen LogP contribution is -2.53. The van der Waals surface area contributed by atoms with Crippen molar-refractivity contribution in [2.75, 3.05) is 11.4 Å². The SMILES string of the molecule is CC1Oc2ccc(C(C)C)cc2N(CC(C)(C)N)C1=O. The molecule has 1 atom stereocenters. The van der Waals surface area contributed by atoms with Gasteiger partial charge in [-0.1, -0.05) is 19.9 Å². The number of fused-ring (bicyclic) bond motifs is 1. The summed E-state index contributed by atoms with van der Waals surface area (Å²) in [7, 11) is 0. The summed E-state index contributed by atoms with van der Waals surface area (Å²) in [5.74, 6) is 1.13. The van der Waals surface area contributed by atoms with Crippen molar-refractivity contribution >= 4 is 11.6 Å². The van der Waals surface area contributed by atoms with Gasteiger partial charge in [-0.15, -0.1) is 0 Å². The third-order valence-electron chi connectivity index (χ3n) is 3.42. The van der Waals surface area contributed by atoms with Gasteiger partial charge < -0.3 is 15.4 Å². The third-order valence-corrected chi connectivity index (χ3v) is 3.42. The van der Waals surface area contributed by atoms with Crippen molar-refractivity contribution in [1.82, 2.24) is 0 Å². The number of nitrogens with two attached hydrogens (primary N) is 1. The molecule has 2 N–H and O–H groups in total. The van der Waals surface area contributed by atoms with Crippen molar-refractivity contribution in [1.29, 1.82) is 0 Å². The van der Waals surface area contributed by atoms with Crippen molar-refractivity contribution in [3.05, 3.63) is 23.8 Å². The van der Waals surface area contributed by atoms with Crippen molar-refractivity contribution in [2.24, 2.45) is 5.73 Å². The molecule has 1 aliphatic rings. The second kappa shape index (κ2) is 5.09. The van der Waals surface area contributed by atoms with E-state index in [1.165, 1.54) is 5.56 Å². The zero-order valence-electron chi connectivity index (χ0n) is 12.9. The van der Waals surface area contributed by atoms with E-state index in [2.05, 4.69) is 19.9 Å². The first-order chi connectivity index (χ1) is 9.19. The molecule has 2 rings (SSSR count). The number of nitrogens with zero attached hydrogens (tertiary/aromatic N) is 1. The lowest BCUT2D eigenvalue weighted by Gasteiger charge is -2.37. The number of benzene rings is 1. The maximum absolute atomic E-state index is 12.4. The summed E-state index contributed by atoms with van der Waals surface area (Å²) in [6.45, 7) is 10.4. The summed E-state index contributed by atoms with van der Waals surface area (Å²) in [6, 6.07) is 6.04. The monoisotopic (exact) mass is 276 g/mol. The number of ether oxygens (including phenoxy) is 1. The smallest absolute Gasteiger partial charge is 0.267 e. The van der Waals surface area contributed by atoms with Crippen LogP contribution in [0.3, 0.4) is 0 Å². The highest BCUT2D eigenvalue weighted by Crippen LogP contribution is 2.36. The number of hydrogen-bond donors (Lipinski definition) is 1. The van der Waals surface area contributed by atoms with Crippen LogP contribution in [-0.2, 0) is 4.79 Å². The van der Waals surface area contributed by atoms with Crippen molar-refractivity contribution in [2.45, 2.75) is 52.2 Å². The average Bonchev–Trinajstić information content (AvgIpc) is 2.33. The zero-order valence-corrected chi connectivity index (χ0v) is 12.9. The molecule has 0 fully saturated rings. The number of carbonyl (C=O) groups excluding carboxylic acids is 1. The summed E-state index contributed by atoms with van der Waals surface area (Å²) in [6.07, 6.45) is -0.463. The van der Waals surface area contributed by atoms with Crippen molar-refractivity contribution in [3.63, 3.8) is 0 Å². The summed E-state index contributed by atoms with van der Waals surface area (Å²) in [5, 5.41) is 0. The molecule has 0 saturated heterocycles. The van der Waals surface area contributed by atoms with Gasteiger partial charge in [-0.2, -0.15) is 0 Å². The fourth-order valence-corrected chi connectivity index (χ4v) is 2.35. The van der Waals surface area contributed by atoms with E-state index in [4.69, 9.17) is 10.5 Å². The highest BCUT2D eigenvalue weighted by Gasteiger charge is 2.34. The second-order valence-electron chi connectivity index (χ2n) is 6.55. The zero-order chi connectivity index (χ0) is 15.1. The Morgan fingerprint density at radius 1 is 1.40 bits per heavy atom. The van der Waals surface area contributed by atoms with E-state index >= 15 is 0 Å². The van der Waals surface area contributed by atoms with E-state index in [-0.39, 0.29) is 5.91 Å². The van der Waals surface area contributed by atoms with Crippen LogP contribution in [0.4, 0.5) is 5.69 Å². The van der Waals surface area contributed by atoms with Crippen molar-refractivity contribution < 1.29 is 9.53 Å². The molecule has 1 aromatic carbocycles. The fraction of sp³-hybridized carbons (Fsp3) is 0.562. The Morgan fingerprint density at radius 3 is 2.60 bits per heavy atom. The van der Waals surface area contributed by atoms with Crippen LogP contribution >= 0.6 is 0 Å². The maximum Gasteiger partial charge on any atom is 0.267 e. The van der Waals surface area contributed by atoms with Gasteiger partial charge in [0, 0.05) is 12.1 Å². The molecule has 0 radical (unpaired) electrons. The Labute approximate surface area is 120 Å². The number of amides is 1. The number of rotatable bonds is 3. The topological polar surface area (TPSA) is 55.6 Å². The molecule has 20 heavy (non-hydrogen) atoms. The molecule has 1 aliphatic heterocycles. The minimum Gasteiger partial charge on any atom is -0.479 e. The van der Waals surface area contributed by atoms with Gasteiger partial charge >= 0.3 is 0 Å². The molecular formula is C16H24N2O2. The molecule has 1 aromatic rings. The summed E-state index contributed by atoms with van der Waals surface area (Å²) >= 11 is 0. The van der Waals surface area contributed by atoms with Gasteiger partial charge in [-0.3, -0.25) is 4.79 Å². The van der Waals surface area contributed by atoms with Crippen molar-refractivity contribution in [3.8, 4) is 5.75 Å². The highest BCUT2D eigenvalue weighted by molar-refractivity contribution is 6.00. The Bertz CT molecular complexity index is 518. The predicted molar refractivity (Wildman–Crippen MR) is 81.2 cm³/mol. The number of hydrogen-bond acceptors (Lipinski definition) is 3. The van der Waals surface area contributed by atoms with Crippen LogP contribution in [-0.4, -0.2) is 24.1 Å². The van der Waals surface area contributed by atoms with Crippen LogP contribution in [0.15, 0.2) is 18.2 Å². The molecule has 1 amide bonds. The van der Waals surface area contributed by atoms with E-state index < -0.39 is 11.6 Å². The minimum atomic E-state index is -0.463. The van der Waals surface area contributed by atoms with Gasteiger partial charge in [0.15, 0.2) is 6.10 Å². The van der Waals surface area contributed by atoms with E-state index in [0.29, 0.717) is 12.5 Å². The first kappa shape index (κ1) is 14.9. The highest BCUT2D eigenvalue weighted by atomic mass is 16.5. The molecule has 0 bridgehead atoms. The first-order valence-electron chi connectivity index (χ1n) is 7.10. The van der Waals surface area contributed by atoms with Crippen LogP contribution in [0.2, 0.25) is 0 Å². The summed E-state index contributed by atoms with van der Waals surface area (Å²) < 4.78 is 5.69. The Hall–Kier alpha value is -1.55. The minimum absolute atomic E-state index is 0.0306. The molecule has 110 valence electrons. The van der Waals surface area contributed by atoms with Gasteiger partial charge in [-0.25, -0.2) is 0 Å². The molecule has 0 spiro atoms. The molecule has 4 heteroatoms. The second-order valence-corrected chi connectivity index (χ2v) is 6.55. The summed E-state index contributed by atoms with van der Waals surface area (Å²) in [5.41, 5.74) is 7.67. The average molecular weight is 276 g/mol. The number of anilines is 1. The Balaban J connectivity index is 2.46. The Morgan fingerprint density at radius 2 is 2.05 bits per heavy atom. The standard InChI is InChI=1S/C16H24N2O2/c1-10(2)12-6-7-14-13(8-12)18(9-16(4,5)17)15(19)11(3)20-14/h6-8,10-11H,9,17H2,1-5H3. The number of carbonyl (C=O) groups is 1. The fourth-order valence-electron chi connectivity index (χ4n) is 2.35. The molecule has 1 unspecified atom stereocenters. The van der Waals surface area contributed by atoms with E-state index in [1.54, 1.807) is 11.8 Å². The first-order valence-corrected chi connectivity index (χ1v) is 7.10. The predicted octanol–water partition coefficient (Wildman–Crippen LogP) is 2.66. The molecular weight excluding hydrogens is 252 g/mol. The normalized spacial score (nSPS) is 19.1. The van der Waals surface area contributed by atoms with Gasteiger partial charge in [0.1, 0.15) is 5.75 Å². The molecule has 0 aliphatic carbocycles. The van der Waals surface area contributed by atoms with Gasteiger partial charge in [0.05, 0.1) is 5.69 Å². The molecule has 0 saturated carbocycles. The maximum atomic E-state index is 12.4. The van der Waals surface area contributed by atoms with Crippen LogP contribution in [0.25, 0.3) is 0 Å². The van der Waals surface area contributed by atoms with E-state index in [0.717, 1.165) is 11.4 Å². The lowest BCUT2D eigenvalue weighted by molar-refractivity contribution is -0.125. The van der Waals surface area contributed by atoms with Crippen LogP contribution in [0.5, 0.6) is 5.75 Å². The molecule has 1 heterocycles. The van der Waals surface area contributed by atoms with Crippen LogP contribution in [0.1, 0.15) is 46.1 Å². The lowest BCUT2D eigenvalue weighted by atomic mass is 9.99. The third kappa shape index (κ3) is 2.96. The Kier molecular flexibility index (Phi) is 3.78. The molecule has 0 aromatic heterocycles. The van der Waals surface area contributed by atoms with Gasteiger partial charge in [0.25, 0.3) is 5.91 Å². The van der Waals surface area contributed by atoms with Gasteiger partial charge in [0.2, 0.25) is 0 Å². The van der Waals surface area contributed by atoms with E-state index in [9.17, 15) is 4.79 Å². The van der Waals surface area contributed by atoms with E-state index in [1.807, 2.05) is 26.0 Å². The largest absolute Gasteiger partial charge is 0.479 e. The quantitative estimate of drug-likeness (QED) is 0.923. The van der Waals surface area contributed by atoms with Crippen LogP contribution < -0.4 is 15.4 Å². The summed E-state index contributed by atoms with van der Waals surface area (Å²) in [4.78, 5) is 14.2. The molecule has 4 nitrogen and oxygen atoms in total. The van der Waals surface area contributed by atoms with Gasteiger partial charge in [-0.05, 0) is 44.4 Å².